The minimum Gasteiger partial charge on any atom is -0.398 e. The molecule has 0 heterocycles. The maximum atomic E-state index is 11.4. The Bertz CT molecular complexity index is 390. The van der Waals surface area contributed by atoms with Crippen LogP contribution in [0.3, 0.4) is 0 Å². The molecule has 100 valence electrons. The molecule has 0 aromatic heterocycles. The molecular weight excluding hydrogens is 226 g/mol. The zero-order valence-electron chi connectivity index (χ0n) is 11.5. The van der Waals surface area contributed by atoms with Crippen LogP contribution in [0.5, 0.6) is 0 Å². The minimum absolute atomic E-state index is 0.183. The summed E-state index contributed by atoms with van der Waals surface area (Å²) in [5, 5.41) is 0. The lowest BCUT2D eigenvalue weighted by molar-refractivity contribution is -0.128. The topological polar surface area (TPSA) is 49.6 Å². The van der Waals surface area contributed by atoms with Crippen LogP contribution in [0.4, 0.5) is 5.69 Å². The van der Waals surface area contributed by atoms with Gasteiger partial charge in [0.25, 0.3) is 0 Å². The van der Waals surface area contributed by atoms with Gasteiger partial charge in [0.2, 0.25) is 5.91 Å². The Balaban J connectivity index is 2.32. The highest BCUT2D eigenvalue weighted by Crippen LogP contribution is 2.12. The number of para-hydroxylation sites is 1. The number of nitrogens with two attached hydrogens (primary N) is 1. The monoisotopic (exact) mass is 249 g/mol. The second-order valence-corrected chi connectivity index (χ2v) is 4.83. The molecule has 0 fully saturated rings. The predicted octanol–water partition coefficient (Wildman–Crippen LogP) is 1.57. The summed E-state index contributed by atoms with van der Waals surface area (Å²) in [6.45, 7) is 1.72. The van der Waals surface area contributed by atoms with Crippen molar-refractivity contribution in [3.05, 3.63) is 29.8 Å². The first kappa shape index (κ1) is 14.5. The van der Waals surface area contributed by atoms with E-state index in [0.717, 1.165) is 30.8 Å². The minimum atomic E-state index is 0.183. The van der Waals surface area contributed by atoms with Crippen LogP contribution in [0.1, 0.15) is 18.4 Å². The number of nitrogen functional groups attached to an aromatic ring is 1. The second-order valence-electron chi connectivity index (χ2n) is 4.83. The Labute approximate surface area is 109 Å². The van der Waals surface area contributed by atoms with Gasteiger partial charge in [-0.05, 0) is 31.6 Å². The first-order valence-corrected chi connectivity index (χ1v) is 6.22. The van der Waals surface area contributed by atoms with Crippen molar-refractivity contribution in [1.29, 1.82) is 0 Å². The third-order valence-electron chi connectivity index (χ3n) is 2.92. The van der Waals surface area contributed by atoms with E-state index in [0.29, 0.717) is 6.42 Å². The SMILES string of the molecule is CN(CCCC(=O)N(C)C)Cc1ccccc1N. The number of carbonyl (C=O) groups is 1. The molecule has 0 saturated heterocycles. The lowest BCUT2D eigenvalue weighted by Crippen LogP contribution is -2.24. The van der Waals surface area contributed by atoms with Crippen molar-refractivity contribution < 1.29 is 4.79 Å². The van der Waals surface area contributed by atoms with Gasteiger partial charge < -0.3 is 15.5 Å². The highest BCUT2D eigenvalue weighted by atomic mass is 16.2. The lowest BCUT2D eigenvalue weighted by atomic mass is 10.1. The fourth-order valence-electron chi connectivity index (χ4n) is 1.77. The van der Waals surface area contributed by atoms with Crippen LogP contribution < -0.4 is 5.73 Å². The number of amides is 1. The molecule has 0 aliphatic rings. The summed E-state index contributed by atoms with van der Waals surface area (Å²) >= 11 is 0. The molecule has 0 atom stereocenters. The van der Waals surface area contributed by atoms with Crippen molar-refractivity contribution in [3.63, 3.8) is 0 Å². The molecule has 1 amide bonds. The van der Waals surface area contributed by atoms with E-state index in [4.69, 9.17) is 5.73 Å². The zero-order chi connectivity index (χ0) is 13.5. The van der Waals surface area contributed by atoms with Gasteiger partial charge in [0, 0.05) is 32.7 Å². The van der Waals surface area contributed by atoms with E-state index < -0.39 is 0 Å². The molecule has 1 aromatic rings. The van der Waals surface area contributed by atoms with Gasteiger partial charge in [-0.1, -0.05) is 18.2 Å². The molecule has 4 nitrogen and oxygen atoms in total. The summed E-state index contributed by atoms with van der Waals surface area (Å²) in [6.07, 6.45) is 1.47. The number of hydrogen-bond acceptors (Lipinski definition) is 3. The van der Waals surface area contributed by atoms with E-state index in [1.165, 1.54) is 0 Å². The van der Waals surface area contributed by atoms with Crippen LogP contribution in [0.25, 0.3) is 0 Å². The molecule has 1 aromatic carbocycles. The third kappa shape index (κ3) is 4.75. The Morgan fingerprint density at radius 3 is 2.50 bits per heavy atom. The van der Waals surface area contributed by atoms with Crippen LogP contribution in [0, 0.1) is 0 Å². The van der Waals surface area contributed by atoms with Crippen molar-refractivity contribution in [3.8, 4) is 0 Å². The van der Waals surface area contributed by atoms with Crippen LogP contribution in [-0.4, -0.2) is 43.4 Å². The molecule has 0 saturated carbocycles. The quantitative estimate of drug-likeness (QED) is 0.779. The molecule has 0 aliphatic carbocycles. The fourth-order valence-corrected chi connectivity index (χ4v) is 1.77. The summed E-state index contributed by atoms with van der Waals surface area (Å²) in [4.78, 5) is 15.2. The molecule has 0 radical (unpaired) electrons. The average molecular weight is 249 g/mol. The van der Waals surface area contributed by atoms with E-state index >= 15 is 0 Å². The van der Waals surface area contributed by atoms with Gasteiger partial charge >= 0.3 is 0 Å². The number of nitrogens with zero attached hydrogens (tertiary/aromatic N) is 2. The van der Waals surface area contributed by atoms with Crippen LogP contribution in [0.15, 0.2) is 24.3 Å². The Morgan fingerprint density at radius 1 is 1.22 bits per heavy atom. The molecule has 0 bridgehead atoms. The third-order valence-corrected chi connectivity index (χ3v) is 2.92. The molecule has 1 rings (SSSR count). The lowest BCUT2D eigenvalue weighted by Gasteiger charge is -2.18. The first-order valence-electron chi connectivity index (χ1n) is 6.22. The highest BCUT2D eigenvalue weighted by Gasteiger charge is 2.06. The molecule has 4 heteroatoms. The van der Waals surface area contributed by atoms with Gasteiger partial charge in [0.05, 0.1) is 0 Å². The average Bonchev–Trinajstić information content (AvgIpc) is 2.32. The number of anilines is 1. The van der Waals surface area contributed by atoms with E-state index in [-0.39, 0.29) is 5.91 Å². The highest BCUT2D eigenvalue weighted by molar-refractivity contribution is 5.75. The molecule has 2 N–H and O–H groups in total. The Kier molecular flexibility index (Phi) is 5.65. The van der Waals surface area contributed by atoms with Crippen molar-refractivity contribution in [2.24, 2.45) is 0 Å². The Hall–Kier alpha value is -1.55. The van der Waals surface area contributed by atoms with Crippen molar-refractivity contribution in [2.45, 2.75) is 19.4 Å². The standard InChI is InChI=1S/C14H23N3O/c1-16(2)14(18)9-6-10-17(3)11-12-7-4-5-8-13(12)15/h4-5,7-8H,6,9-11,15H2,1-3H3. The van der Waals surface area contributed by atoms with E-state index in [9.17, 15) is 4.79 Å². The van der Waals surface area contributed by atoms with E-state index in [2.05, 4.69) is 4.90 Å². The molecule has 0 aliphatic heterocycles. The van der Waals surface area contributed by atoms with Crippen molar-refractivity contribution in [2.75, 3.05) is 33.4 Å². The second kappa shape index (κ2) is 7.01. The summed E-state index contributed by atoms with van der Waals surface area (Å²) in [5.41, 5.74) is 7.86. The van der Waals surface area contributed by atoms with Crippen molar-refractivity contribution in [1.82, 2.24) is 9.80 Å². The fraction of sp³-hybridized carbons (Fsp3) is 0.500. The summed E-state index contributed by atoms with van der Waals surface area (Å²) in [7, 11) is 5.63. The first-order chi connectivity index (χ1) is 8.50. The van der Waals surface area contributed by atoms with E-state index in [1.807, 2.05) is 31.3 Å². The van der Waals surface area contributed by atoms with Crippen molar-refractivity contribution >= 4 is 11.6 Å². The normalized spacial score (nSPS) is 10.7. The van der Waals surface area contributed by atoms with Crippen LogP contribution in [-0.2, 0) is 11.3 Å². The zero-order valence-corrected chi connectivity index (χ0v) is 11.5. The summed E-state index contributed by atoms with van der Waals surface area (Å²) < 4.78 is 0. The van der Waals surface area contributed by atoms with Gasteiger partial charge in [-0.3, -0.25) is 4.79 Å². The molecular formula is C14H23N3O. The predicted molar refractivity (Wildman–Crippen MR) is 75.1 cm³/mol. The molecule has 0 spiro atoms. The smallest absolute Gasteiger partial charge is 0.222 e. The van der Waals surface area contributed by atoms with Gasteiger partial charge in [-0.25, -0.2) is 0 Å². The number of carbonyl (C=O) groups excluding carboxylic acids is 1. The maximum absolute atomic E-state index is 11.4. The summed E-state index contributed by atoms with van der Waals surface area (Å²) in [5.74, 6) is 0.183. The van der Waals surface area contributed by atoms with Gasteiger partial charge in [0.15, 0.2) is 0 Å². The number of benzene rings is 1. The van der Waals surface area contributed by atoms with Gasteiger partial charge in [0.1, 0.15) is 0 Å². The van der Waals surface area contributed by atoms with Crippen LogP contribution >= 0.6 is 0 Å². The largest absolute Gasteiger partial charge is 0.398 e. The molecule has 18 heavy (non-hydrogen) atoms. The number of hydrogen-bond donors (Lipinski definition) is 1. The summed E-state index contributed by atoms with van der Waals surface area (Å²) in [6, 6.07) is 7.89. The van der Waals surface area contributed by atoms with Gasteiger partial charge in [-0.15, -0.1) is 0 Å². The Morgan fingerprint density at radius 2 is 1.89 bits per heavy atom. The van der Waals surface area contributed by atoms with Gasteiger partial charge in [-0.2, -0.15) is 0 Å². The number of rotatable bonds is 6. The molecule has 0 unspecified atom stereocenters. The van der Waals surface area contributed by atoms with E-state index in [1.54, 1.807) is 19.0 Å². The maximum Gasteiger partial charge on any atom is 0.222 e. The van der Waals surface area contributed by atoms with Crippen LogP contribution in [0.2, 0.25) is 0 Å².